The van der Waals surface area contributed by atoms with Gasteiger partial charge in [-0.1, -0.05) is 25.6 Å². The lowest BCUT2D eigenvalue weighted by Crippen LogP contribution is -2.49. The van der Waals surface area contributed by atoms with Crippen molar-refractivity contribution in [3.05, 3.63) is 5.82 Å². The highest BCUT2D eigenvalue weighted by Crippen LogP contribution is 2.22. The van der Waals surface area contributed by atoms with Crippen LogP contribution in [0, 0.1) is 0 Å². The van der Waals surface area contributed by atoms with E-state index in [2.05, 4.69) is 15.2 Å². The van der Waals surface area contributed by atoms with E-state index in [1.54, 1.807) is 11.8 Å². The van der Waals surface area contributed by atoms with E-state index >= 15 is 0 Å². The summed E-state index contributed by atoms with van der Waals surface area (Å²) >= 11 is 1.29. The number of aromatic amines is 1. The van der Waals surface area contributed by atoms with Gasteiger partial charge in [-0.3, -0.25) is 9.89 Å². The van der Waals surface area contributed by atoms with Crippen LogP contribution >= 0.6 is 11.8 Å². The minimum atomic E-state index is -0.449. The maximum atomic E-state index is 12.5. The van der Waals surface area contributed by atoms with Crippen molar-refractivity contribution >= 4 is 23.6 Å². The molecule has 2 rings (SSSR count). The molecule has 1 aliphatic heterocycles. The number of likely N-dealkylation sites (tertiary alicyclic amines) is 1. The second-order valence-corrected chi connectivity index (χ2v) is 6.74. The lowest BCUT2D eigenvalue weighted by Gasteiger charge is -2.33. The number of carbonyl (C=O) groups is 2. The molecule has 0 unspecified atom stereocenters. The SMILES string of the molecule is CCOC(=O)[C@@H]1CCCCN1C(=O)CSc1n[nH]c(C(C)C)n1. The topological polar surface area (TPSA) is 88.2 Å². The Morgan fingerprint density at radius 2 is 2.22 bits per heavy atom. The van der Waals surface area contributed by atoms with Gasteiger partial charge in [0.15, 0.2) is 0 Å². The average Bonchev–Trinajstić information content (AvgIpc) is 3.02. The second kappa shape index (κ2) is 8.33. The molecule has 1 saturated heterocycles. The first kappa shape index (κ1) is 17.8. The van der Waals surface area contributed by atoms with E-state index in [4.69, 9.17) is 4.74 Å². The molecule has 1 atom stereocenters. The molecule has 0 bridgehead atoms. The van der Waals surface area contributed by atoms with Crippen LogP contribution in [-0.4, -0.2) is 56.9 Å². The maximum absolute atomic E-state index is 12.5. The molecule has 1 N–H and O–H groups in total. The molecule has 0 radical (unpaired) electrons. The largest absolute Gasteiger partial charge is 0.464 e. The number of nitrogens with zero attached hydrogens (tertiary/aromatic N) is 3. The van der Waals surface area contributed by atoms with E-state index in [0.29, 0.717) is 24.7 Å². The van der Waals surface area contributed by atoms with Crippen molar-refractivity contribution in [1.82, 2.24) is 20.1 Å². The molecule has 0 aromatic carbocycles. The first-order valence-electron chi connectivity index (χ1n) is 8.04. The highest BCUT2D eigenvalue weighted by molar-refractivity contribution is 7.99. The fourth-order valence-electron chi connectivity index (χ4n) is 2.50. The zero-order valence-electron chi connectivity index (χ0n) is 13.9. The van der Waals surface area contributed by atoms with Gasteiger partial charge in [0.05, 0.1) is 12.4 Å². The summed E-state index contributed by atoms with van der Waals surface area (Å²) in [7, 11) is 0. The summed E-state index contributed by atoms with van der Waals surface area (Å²) in [4.78, 5) is 30.5. The molecule has 7 nitrogen and oxygen atoms in total. The van der Waals surface area contributed by atoms with Gasteiger partial charge < -0.3 is 9.64 Å². The molecule has 0 saturated carbocycles. The van der Waals surface area contributed by atoms with Gasteiger partial charge in [-0.15, -0.1) is 5.10 Å². The number of aromatic nitrogens is 3. The van der Waals surface area contributed by atoms with Crippen molar-refractivity contribution in [3.8, 4) is 0 Å². The lowest BCUT2D eigenvalue weighted by atomic mass is 10.0. The third-order valence-electron chi connectivity index (χ3n) is 3.74. The summed E-state index contributed by atoms with van der Waals surface area (Å²) in [5.41, 5.74) is 0. The Kier molecular flexibility index (Phi) is 6.44. The number of nitrogens with one attached hydrogen (secondary N) is 1. The number of esters is 1. The molecule has 0 aliphatic carbocycles. The Labute approximate surface area is 140 Å². The Morgan fingerprint density at radius 1 is 1.43 bits per heavy atom. The van der Waals surface area contributed by atoms with E-state index in [1.165, 1.54) is 11.8 Å². The summed E-state index contributed by atoms with van der Waals surface area (Å²) in [5.74, 6) is 0.935. The summed E-state index contributed by atoms with van der Waals surface area (Å²) < 4.78 is 5.08. The van der Waals surface area contributed by atoms with Crippen LogP contribution in [0.5, 0.6) is 0 Å². The van der Waals surface area contributed by atoms with Crippen molar-refractivity contribution in [2.75, 3.05) is 18.9 Å². The summed E-state index contributed by atoms with van der Waals surface area (Å²) in [6.45, 7) is 6.77. The molecule has 1 aliphatic rings. The van der Waals surface area contributed by atoms with Gasteiger partial charge in [0.25, 0.3) is 0 Å². The van der Waals surface area contributed by atoms with Crippen LogP contribution in [0.15, 0.2) is 5.16 Å². The van der Waals surface area contributed by atoms with Crippen LogP contribution in [0.3, 0.4) is 0 Å². The summed E-state index contributed by atoms with van der Waals surface area (Å²) in [6, 6.07) is -0.449. The quantitative estimate of drug-likeness (QED) is 0.629. The minimum Gasteiger partial charge on any atom is -0.464 e. The van der Waals surface area contributed by atoms with E-state index in [9.17, 15) is 9.59 Å². The van der Waals surface area contributed by atoms with Crippen molar-refractivity contribution in [1.29, 1.82) is 0 Å². The predicted octanol–water partition coefficient (Wildman–Crippen LogP) is 1.96. The molecule has 2 heterocycles. The van der Waals surface area contributed by atoms with Gasteiger partial charge in [0, 0.05) is 12.5 Å². The molecule has 1 aromatic heterocycles. The molecule has 0 spiro atoms. The highest BCUT2D eigenvalue weighted by Gasteiger charge is 2.33. The first-order valence-corrected chi connectivity index (χ1v) is 9.02. The third-order valence-corrected chi connectivity index (χ3v) is 4.57. The number of rotatable bonds is 6. The Hall–Kier alpha value is -1.57. The number of piperidine rings is 1. The van der Waals surface area contributed by atoms with Crippen LogP contribution in [0.1, 0.15) is 51.8 Å². The molecule has 128 valence electrons. The van der Waals surface area contributed by atoms with Crippen molar-refractivity contribution in [2.24, 2.45) is 0 Å². The molecule has 1 aromatic rings. The standard InChI is InChI=1S/C15H24N4O3S/c1-4-22-14(21)11-7-5-6-8-19(11)12(20)9-23-15-16-13(10(2)3)17-18-15/h10-11H,4-9H2,1-3H3,(H,16,17,18)/t11-/m0/s1. The van der Waals surface area contributed by atoms with Crippen molar-refractivity contribution in [2.45, 2.75) is 57.1 Å². The molecule has 23 heavy (non-hydrogen) atoms. The van der Waals surface area contributed by atoms with E-state index in [1.807, 2.05) is 13.8 Å². The van der Waals surface area contributed by atoms with Crippen LogP contribution in [0.25, 0.3) is 0 Å². The Morgan fingerprint density at radius 3 is 2.87 bits per heavy atom. The number of hydrogen-bond acceptors (Lipinski definition) is 6. The molecule has 1 fully saturated rings. The fraction of sp³-hybridized carbons (Fsp3) is 0.733. The van der Waals surface area contributed by atoms with Crippen LogP contribution in [-0.2, 0) is 14.3 Å². The Bertz CT molecular complexity index is 547. The van der Waals surface area contributed by atoms with Gasteiger partial charge in [-0.05, 0) is 26.2 Å². The molecule has 8 heteroatoms. The summed E-state index contributed by atoms with van der Waals surface area (Å²) in [6.07, 6.45) is 2.54. The Balaban J connectivity index is 1.93. The average molecular weight is 340 g/mol. The van der Waals surface area contributed by atoms with Gasteiger partial charge in [0.2, 0.25) is 11.1 Å². The molecular formula is C15H24N4O3S. The number of hydrogen-bond donors (Lipinski definition) is 1. The number of amides is 1. The number of H-pyrrole nitrogens is 1. The number of ether oxygens (including phenoxy) is 1. The minimum absolute atomic E-state index is 0.0661. The zero-order valence-corrected chi connectivity index (χ0v) is 14.7. The second-order valence-electron chi connectivity index (χ2n) is 5.80. The van der Waals surface area contributed by atoms with Crippen LogP contribution in [0.2, 0.25) is 0 Å². The van der Waals surface area contributed by atoms with Crippen molar-refractivity contribution < 1.29 is 14.3 Å². The normalized spacial score (nSPS) is 18.3. The van der Waals surface area contributed by atoms with Gasteiger partial charge in [-0.25, -0.2) is 9.78 Å². The van der Waals surface area contributed by atoms with Gasteiger partial charge in [-0.2, -0.15) is 0 Å². The smallest absolute Gasteiger partial charge is 0.328 e. The van der Waals surface area contributed by atoms with Crippen LogP contribution < -0.4 is 0 Å². The number of carbonyl (C=O) groups excluding carboxylic acids is 2. The van der Waals surface area contributed by atoms with Gasteiger partial charge >= 0.3 is 5.97 Å². The van der Waals surface area contributed by atoms with E-state index in [-0.39, 0.29) is 23.5 Å². The predicted molar refractivity (Wildman–Crippen MR) is 87.2 cm³/mol. The summed E-state index contributed by atoms with van der Waals surface area (Å²) in [5, 5.41) is 7.54. The maximum Gasteiger partial charge on any atom is 0.328 e. The third kappa shape index (κ3) is 4.70. The highest BCUT2D eigenvalue weighted by atomic mass is 32.2. The molecule has 1 amide bonds. The molecular weight excluding hydrogens is 316 g/mol. The first-order chi connectivity index (χ1) is 11.0. The van der Waals surface area contributed by atoms with Gasteiger partial charge in [0.1, 0.15) is 11.9 Å². The van der Waals surface area contributed by atoms with E-state index < -0.39 is 6.04 Å². The van der Waals surface area contributed by atoms with Crippen LogP contribution in [0.4, 0.5) is 0 Å². The fourth-order valence-corrected chi connectivity index (χ4v) is 3.20. The van der Waals surface area contributed by atoms with E-state index in [0.717, 1.165) is 18.7 Å². The monoisotopic (exact) mass is 340 g/mol. The van der Waals surface area contributed by atoms with Crippen molar-refractivity contribution in [3.63, 3.8) is 0 Å². The lowest BCUT2D eigenvalue weighted by molar-refractivity contribution is -0.155. The zero-order chi connectivity index (χ0) is 16.8. The number of thioether (sulfide) groups is 1.